The van der Waals surface area contributed by atoms with Crippen molar-refractivity contribution in [1.29, 1.82) is 5.26 Å². The molecule has 9 nitrogen and oxygen atoms in total. The zero-order chi connectivity index (χ0) is 25.5. The average Bonchev–Trinajstić information content (AvgIpc) is 2.89. The van der Waals surface area contributed by atoms with Gasteiger partial charge in [0, 0.05) is 38.3 Å². The van der Waals surface area contributed by atoms with Crippen molar-refractivity contribution in [2.75, 3.05) is 44.7 Å². The van der Waals surface area contributed by atoms with E-state index in [1.807, 2.05) is 29.7 Å². The van der Waals surface area contributed by atoms with Crippen LogP contribution in [0.15, 0.2) is 36.5 Å². The summed E-state index contributed by atoms with van der Waals surface area (Å²) in [6, 6.07) is 12.7. The van der Waals surface area contributed by atoms with Gasteiger partial charge in [0.1, 0.15) is 11.6 Å². The number of nitrogens with one attached hydrogen (secondary N) is 1. The van der Waals surface area contributed by atoms with Gasteiger partial charge in [0.25, 0.3) is 0 Å². The Morgan fingerprint density at radius 2 is 1.86 bits per heavy atom. The van der Waals surface area contributed by atoms with Crippen LogP contribution in [0.2, 0.25) is 0 Å². The number of carbonyl (C=O) groups excluding carboxylic acids is 1. The third-order valence-electron chi connectivity index (χ3n) is 7.28. The number of anilines is 1. The highest BCUT2D eigenvalue weighted by Gasteiger charge is 2.34. The summed E-state index contributed by atoms with van der Waals surface area (Å²) in [5.74, 6) is 1.45. The first-order valence-electron chi connectivity index (χ1n) is 12.9. The molecule has 1 aromatic heterocycles. The van der Waals surface area contributed by atoms with Crippen LogP contribution < -0.4 is 15.0 Å². The molecular weight excluding hydrogens is 454 g/mol. The van der Waals surface area contributed by atoms with E-state index in [2.05, 4.69) is 50.5 Å². The molecule has 2 atom stereocenters. The summed E-state index contributed by atoms with van der Waals surface area (Å²) in [5, 5.41) is 12.3. The normalized spacial score (nSPS) is 21.2. The van der Waals surface area contributed by atoms with E-state index in [1.165, 1.54) is 31.7 Å². The van der Waals surface area contributed by atoms with Crippen molar-refractivity contribution < 1.29 is 9.53 Å². The molecule has 3 heterocycles. The zero-order valence-electron chi connectivity index (χ0n) is 21.6. The lowest BCUT2D eigenvalue weighted by molar-refractivity contribution is 0.139. The van der Waals surface area contributed by atoms with Crippen molar-refractivity contribution in [2.45, 2.75) is 51.7 Å². The molecule has 2 fully saturated rings. The lowest BCUT2D eigenvalue weighted by Crippen LogP contribution is -2.61. The van der Waals surface area contributed by atoms with Gasteiger partial charge >= 0.3 is 6.03 Å². The van der Waals surface area contributed by atoms with E-state index >= 15 is 0 Å². The molecule has 0 aliphatic carbocycles. The SMILES string of the molecule is COc1nc(N2C[C@@H](C)N(C(=O)NCCC3CCN(Cc4ccccc4)CC3)[C@H](C)C2)ncc1C#N. The fourth-order valence-electron chi connectivity index (χ4n) is 5.38. The Balaban J connectivity index is 1.21. The molecule has 0 saturated carbocycles. The number of nitriles is 1. The van der Waals surface area contributed by atoms with Crippen molar-refractivity contribution >= 4 is 12.0 Å². The quantitative estimate of drug-likeness (QED) is 0.635. The summed E-state index contributed by atoms with van der Waals surface area (Å²) in [7, 11) is 1.49. The third kappa shape index (κ3) is 6.24. The monoisotopic (exact) mass is 491 g/mol. The second-order valence-corrected chi connectivity index (χ2v) is 9.94. The lowest BCUT2D eigenvalue weighted by atomic mass is 9.93. The van der Waals surface area contributed by atoms with Crippen LogP contribution in [0.5, 0.6) is 5.88 Å². The second-order valence-electron chi connectivity index (χ2n) is 9.94. The largest absolute Gasteiger partial charge is 0.480 e. The molecule has 1 N–H and O–H groups in total. The molecule has 9 heteroatoms. The Hall–Kier alpha value is -3.38. The summed E-state index contributed by atoms with van der Waals surface area (Å²) in [4.78, 5) is 28.3. The van der Waals surface area contributed by atoms with E-state index in [-0.39, 0.29) is 24.0 Å². The molecule has 36 heavy (non-hydrogen) atoms. The lowest BCUT2D eigenvalue weighted by Gasteiger charge is -2.44. The number of ether oxygens (including phenoxy) is 1. The predicted octanol–water partition coefficient (Wildman–Crippen LogP) is 3.27. The second kappa shape index (κ2) is 12.0. The molecule has 192 valence electrons. The third-order valence-corrected chi connectivity index (χ3v) is 7.28. The molecule has 2 aliphatic rings. The molecule has 2 aromatic rings. The van der Waals surface area contributed by atoms with Gasteiger partial charge in [-0.2, -0.15) is 10.2 Å². The Labute approximate surface area is 214 Å². The Bertz CT molecular complexity index is 1040. The molecule has 2 amide bonds. The first-order valence-corrected chi connectivity index (χ1v) is 12.9. The molecular formula is C27H37N7O2. The number of aromatic nitrogens is 2. The topological polar surface area (TPSA) is 97.6 Å². The van der Waals surface area contributed by atoms with Crippen LogP contribution >= 0.6 is 0 Å². The maximum absolute atomic E-state index is 13.0. The van der Waals surface area contributed by atoms with Gasteiger partial charge in [-0.15, -0.1) is 0 Å². The molecule has 4 rings (SSSR count). The Kier molecular flexibility index (Phi) is 8.60. The number of amides is 2. The van der Waals surface area contributed by atoms with Crippen molar-refractivity contribution in [3.8, 4) is 11.9 Å². The number of nitrogens with zero attached hydrogens (tertiary/aromatic N) is 6. The van der Waals surface area contributed by atoms with E-state index < -0.39 is 0 Å². The number of urea groups is 1. The van der Waals surface area contributed by atoms with Crippen LogP contribution in [0.3, 0.4) is 0 Å². The Morgan fingerprint density at radius 1 is 1.17 bits per heavy atom. The Morgan fingerprint density at radius 3 is 2.50 bits per heavy atom. The average molecular weight is 492 g/mol. The van der Waals surface area contributed by atoms with Gasteiger partial charge in [0.15, 0.2) is 0 Å². The van der Waals surface area contributed by atoms with Gasteiger partial charge in [-0.1, -0.05) is 30.3 Å². The minimum absolute atomic E-state index is 0.000198. The zero-order valence-corrected chi connectivity index (χ0v) is 21.6. The van der Waals surface area contributed by atoms with Crippen LogP contribution in [-0.2, 0) is 6.54 Å². The van der Waals surface area contributed by atoms with Gasteiger partial charge in [0.2, 0.25) is 11.8 Å². The fraction of sp³-hybridized carbons (Fsp3) is 0.556. The number of piperazine rings is 1. The smallest absolute Gasteiger partial charge is 0.318 e. The molecule has 1 aromatic carbocycles. The van der Waals surface area contributed by atoms with Gasteiger partial charge in [-0.05, 0) is 57.7 Å². The van der Waals surface area contributed by atoms with Crippen molar-refractivity contribution in [1.82, 2.24) is 25.1 Å². The highest BCUT2D eigenvalue weighted by Crippen LogP contribution is 2.24. The number of benzene rings is 1. The van der Waals surface area contributed by atoms with Crippen molar-refractivity contribution in [2.24, 2.45) is 5.92 Å². The summed E-state index contributed by atoms with van der Waals surface area (Å²) in [5.41, 5.74) is 1.68. The van der Waals surface area contributed by atoms with Crippen molar-refractivity contribution in [3.05, 3.63) is 47.7 Å². The standard InChI is InChI=1S/C27H37N7O2/c1-20-17-33(26-30-16-24(15-28)25(31-26)36-3)18-21(2)34(20)27(35)29-12-9-22-10-13-32(14-11-22)19-23-7-5-4-6-8-23/h4-8,16,20-22H,9-14,17-19H2,1-3H3,(H,29,35)/t20-,21-/m1/s1. The van der Waals surface area contributed by atoms with Crippen LogP contribution in [0.1, 0.15) is 44.2 Å². The van der Waals surface area contributed by atoms with Gasteiger partial charge in [-0.3, -0.25) is 4.90 Å². The summed E-state index contributed by atoms with van der Waals surface area (Å²) >= 11 is 0. The number of methoxy groups -OCH3 is 1. The maximum atomic E-state index is 13.0. The minimum Gasteiger partial charge on any atom is -0.480 e. The van der Waals surface area contributed by atoms with Crippen LogP contribution in [0.4, 0.5) is 10.7 Å². The highest BCUT2D eigenvalue weighted by molar-refractivity contribution is 5.75. The van der Waals surface area contributed by atoms with E-state index in [0.717, 1.165) is 26.1 Å². The molecule has 0 unspecified atom stereocenters. The molecule has 0 spiro atoms. The highest BCUT2D eigenvalue weighted by atomic mass is 16.5. The fourth-order valence-corrected chi connectivity index (χ4v) is 5.38. The van der Waals surface area contributed by atoms with Crippen LogP contribution in [0, 0.1) is 17.2 Å². The van der Waals surface area contributed by atoms with E-state index in [0.29, 0.717) is 37.1 Å². The van der Waals surface area contributed by atoms with Gasteiger partial charge in [0.05, 0.1) is 13.3 Å². The van der Waals surface area contributed by atoms with Crippen LogP contribution in [-0.4, -0.2) is 77.7 Å². The first-order chi connectivity index (χ1) is 17.5. The van der Waals surface area contributed by atoms with Gasteiger partial charge in [-0.25, -0.2) is 9.78 Å². The number of rotatable bonds is 7. The van der Waals surface area contributed by atoms with Crippen molar-refractivity contribution in [3.63, 3.8) is 0 Å². The van der Waals surface area contributed by atoms with Gasteiger partial charge < -0.3 is 19.9 Å². The molecule has 0 bridgehead atoms. The van der Waals surface area contributed by atoms with E-state index in [9.17, 15) is 10.1 Å². The number of piperidine rings is 1. The maximum Gasteiger partial charge on any atom is 0.318 e. The molecule has 0 radical (unpaired) electrons. The van der Waals surface area contributed by atoms with E-state index in [4.69, 9.17) is 4.74 Å². The first kappa shape index (κ1) is 25.7. The minimum atomic E-state index is -0.00510. The summed E-state index contributed by atoms with van der Waals surface area (Å²) < 4.78 is 5.23. The van der Waals surface area contributed by atoms with Crippen LogP contribution in [0.25, 0.3) is 0 Å². The predicted molar refractivity (Wildman–Crippen MR) is 139 cm³/mol. The summed E-state index contributed by atoms with van der Waals surface area (Å²) in [6.45, 7) is 9.29. The number of hydrogen-bond donors (Lipinski definition) is 1. The summed E-state index contributed by atoms with van der Waals surface area (Å²) in [6.07, 6.45) is 4.87. The number of likely N-dealkylation sites (tertiary alicyclic amines) is 1. The number of hydrogen-bond acceptors (Lipinski definition) is 7. The molecule has 2 saturated heterocycles. The number of carbonyl (C=O) groups is 1. The van der Waals surface area contributed by atoms with E-state index in [1.54, 1.807) is 0 Å². The molecule has 2 aliphatic heterocycles.